The molecule has 0 N–H and O–H groups in total. The molecule has 134 valence electrons. The van der Waals surface area contributed by atoms with Gasteiger partial charge in [0.15, 0.2) is 0 Å². The number of benzene rings is 2. The summed E-state index contributed by atoms with van der Waals surface area (Å²) >= 11 is 0. The van der Waals surface area contributed by atoms with Crippen molar-refractivity contribution >= 4 is 16.9 Å². The number of ether oxygens (including phenoxy) is 2. The summed E-state index contributed by atoms with van der Waals surface area (Å²) in [5.41, 5.74) is 0.816. The van der Waals surface area contributed by atoms with E-state index in [9.17, 15) is 4.79 Å². The quantitative estimate of drug-likeness (QED) is 0.775. The highest BCUT2D eigenvalue weighted by Gasteiger charge is 2.29. The van der Waals surface area contributed by atoms with Crippen LogP contribution in [0.1, 0.15) is 45.1 Å². The lowest BCUT2D eigenvalue weighted by Crippen LogP contribution is -2.41. The molecule has 0 aliphatic carbocycles. The third kappa shape index (κ3) is 3.89. The zero-order valence-corrected chi connectivity index (χ0v) is 15.5. The molecule has 1 saturated heterocycles. The molecule has 1 amide bonds. The first kappa shape index (κ1) is 17.6. The topological polar surface area (TPSA) is 38.8 Å². The number of rotatable bonds is 2. The van der Waals surface area contributed by atoms with Gasteiger partial charge < -0.3 is 14.4 Å². The number of piperidine rings is 1. The lowest BCUT2D eigenvalue weighted by Gasteiger charge is -2.34. The molecule has 0 atom stereocenters. The van der Waals surface area contributed by atoms with Crippen LogP contribution in [0.5, 0.6) is 5.75 Å². The second kappa shape index (κ2) is 6.95. The summed E-state index contributed by atoms with van der Waals surface area (Å²) in [5, 5.41) is 2.48. The number of hydrogen-bond acceptors (Lipinski definition) is 3. The van der Waals surface area contributed by atoms with Crippen LogP contribution in [0.25, 0.3) is 10.8 Å². The Balaban J connectivity index is 1.79. The summed E-state index contributed by atoms with van der Waals surface area (Å²) in [6.45, 7) is 7.13. The van der Waals surface area contributed by atoms with Crippen LogP contribution in [0.15, 0.2) is 36.4 Å². The monoisotopic (exact) mass is 341 g/mol. The number of likely N-dealkylation sites (tertiary alicyclic amines) is 1. The van der Waals surface area contributed by atoms with E-state index in [2.05, 4.69) is 36.4 Å². The highest BCUT2D eigenvalue weighted by molar-refractivity contribution is 5.88. The fourth-order valence-corrected chi connectivity index (χ4v) is 3.55. The number of amides is 1. The van der Waals surface area contributed by atoms with E-state index in [-0.39, 0.29) is 6.09 Å². The van der Waals surface area contributed by atoms with Gasteiger partial charge in [-0.3, -0.25) is 0 Å². The van der Waals surface area contributed by atoms with Gasteiger partial charge in [0, 0.05) is 18.7 Å². The van der Waals surface area contributed by atoms with Gasteiger partial charge in [-0.15, -0.1) is 0 Å². The van der Waals surface area contributed by atoms with Gasteiger partial charge in [0.25, 0.3) is 0 Å². The predicted molar refractivity (Wildman–Crippen MR) is 100 cm³/mol. The van der Waals surface area contributed by atoms with E-state index < -0.39 is 5.60 Å². The number of nitrogens with zero attached hydrogens (tertiary/aromatic N) is 1. The van der Waals surface area contributed by atoms with Gasteiger partial charge >= 0.3 is 6.09 Å². The van der Waals surface area contributed by atoms with Crippen molar-refractivity contribution in [1.82, 2.24) is 4.90 Å². The van der Waals surface area contributed by atoms with Crippen molar-refractivity contribution in [1.29, 1.82) is 0 Å². The fourth-order valence-electron chi connectivity index (χ4n) is 3.55. The summed E-state index contributed by atoms with van der Waals surface area (Å²) in [5.74, 6) is 1.33. The smallest absolute Gasteiger partial charge is 0.410 e. The second-order valence-corrected chi connectivity index (χ2v) is 7.64. The van der Waals surface area contributed by atoms with Gasteiger partial charge in [-0.25, -0.2) is 4.79 Å². The van der Waals surface area contributed by atoms with Crippen LogP contribution in [-0.4, -0.2) is 36.8 Å². The van der Waals surface area contributed by atoms with Crippen molar-refractivity contribution < 1.29 is 14.3 Å². The Bertz CT molecular complexity index is 755. The number of carbonyl (C=O) groups is 1. The summed E-state index contributed by atoms with van der Waals surface area (Å²) in [4.78, 5) is 14.1. The van der Waals surface area contributed by atoms with Crippen molar-refractivity contribution in [2.45, 2.75) is 45.1 Å². The van der Waals surface area contributed by atoms with E-state index in [1.807, 2.05) is 25.7 Å². The van der Waals surface area contributed by atoms with Crippen LogP contribution >= 0.6 is 0 Å². The molecule has 0 radical (unpaired) electrons. The molecular formula is C21H27NO3. The highest BCUT2D eigenvalue weighted by atomic mass is 16.6. The first-order valence-electron chi connectivity index (χ1n) is 8.92. The van der Waals surface area contributed by atoms with Gasteiger partial charge in [0.05, 0.1) is 7.11 Å². The maximum Gasteiger partial charge on any atom is 0.410 e. The predicted octanol–water partition coefficient (Wildman–Crippen LogP) is 4.96. The molecule has 0 aromatic heterocycles. The molecule has 0 saturated carbocycles. The Hall–Kier alpha value is -2.23. The van der Waals surface area contributed by atoms with E-state index in [1.54, 1.807) is 7.11 Å². The lowest BCUT2D eigenvalue weighted by molar-refractivity contribution is 0.0205. The van der Waals surface area contributed by atoms with Crippen LogP contribution in [0.3, 0.4) is 0 Å². The maximum absolute atomic E-state index is 12.3. The third-order valence-electron chi connectivity index (χ3n) is 4.71. The van der Waals surface area contributed by atoms with Crippen molar-refractivity contribution in [2.75, 3.05) is 20.2 Å². The molecule has 4 heteroatoms. The van der Waals surface area contributed by atoms with E-state index in [1.165, 1.54) is 16.3 Å². The number of carbonyl (C=O) groups excluding carboxylic acids is 1. The average molecular weight is 341 g/mol. The molecule has 4 nitrogen and oxygen atoms in total. The first-order chi connectivity index (χ1) is 11.9. The Morgan fingerprint density at radius 1 is 1.08 bits per heavy atom. The van der Waals surface area contributed by atoms with Gasteiger partial charge in [0.1, 0.15) is 11.4 Å². The third-order valence-corrected chi connectivity index (χ3v) is 4.71. The van der Waals surface area contributed by atoms with E-state index in [4.69, 9.17) is 9.47 Å². The average Bonchev–Trinajstić information content (AvgIpc) is 2.59. The molecule has 0 spiro atoms. The van der Waals surface area contributed by atoms with Crippen LogP contribution in [0, 0.1) is 0 Å². The molecule has 3 rings (SSSR count). The SMILES string of the molecule is COc1ccc2ccccc2c1C1CCN(C(=O)OC(C)(C)C)CC1. The molecule has 0 unspecified atom stereocenters. The summed E-state index contributed by atoms with van der Waals surface area (Å²) in [6, 6.07) is 12.6. The largest absolute Gasteiger partial charge is 0.496 e. The van der Waals surface area contributed by atoms with E-state index >= 15 is 0 Å². The Morgan fingerprint density at radius 2 is 1.76 bits per heavy atom. The van der Waals surface area contributed by atoms with E-state index in [0.29, 0.717) is 19.0 Å². The van der Waals surface area contributed by atoms with Crippen molar-refractivity contribution in [3.8, 4) is 5.75 Å². The number of hydrogen-bond donors (Lipinski definition) is 0. The Labute approximate surface area is 149 Å². The van der Waals surface area contributed by atoms with Crippen molar-refractivity contribution in [2.24, 2.45) is 0 Å². The lowest BCUT2D eigenvalue weighted by atomic mass is 9.85. The van der Waals surface area contributed by atoms with Gasteiger partial charge in [-0.1, -0.05) is 30.3 Å². The molecule has 1 aliphatic heterocycles. The van der Waals surface area contributed by atoms with Gasteiger partial charge in [-0.2, -0.15) is 0 Å². The Morgan fingerprint density at radius 3 is 2.40 bits per heavy atom. The normalized spacial score (nSPS) is 16.1. The molecule has 25 heavy (non-hydrogen) atoms. The molecule has 1 heterocycles. The maximum atomic E-state index is 12.3. The second-order valence-electron chi connectivity index (χ2n) is 7.64. The summed E-state index contributed by atoms with van der Waals surface area (Å²) in [6.07, 6.45) is 1.63. The van der Waals surface area contributed by atoms with Crippen molar-refractivity contribution in [3.63, 3.8) is 0 Å². The zero-order chi connectivity index (χ0) is 18.0. The molecular weight excluding hydrogens is 314 g/mol. The van der Waals surface area contributed by atoms with Gasteiger partial charge in [0.2, 0.25) is 0 Å². The minimum atomic E-state index is -0.452. The van der Waals surface area contributed by atoms with E-state index in [0.717, 1.165) is 18.6 Å². The van der Waals surface area contributed by atoms with Crippen LogP contribution in [0.4, 0.5) is 4.79 Å². The minimum Gasteiger partial charge on any atom is -0.496 e. The standard InChI is InChI=1S/C21H27NO3/c1-21(2,3)25-20(23)22-13-11-16(12-14-22)19-17-8-6-5-7-15(17)9-10-18(19)24-4/h5-10,16H,11-14H2,1-4H3. The summed E-state index contributed by atoms with van der Waals surface area (Å²) < 4.78 is 11.1. The van der Waals surface area contributed by atoms with Crippen molar-refractivity contribution in [3.05, 3.63) is 42.0 Å². The van der Waals surface area contributed by atoms with Crippen LogP contribution in [0.2, 0.25) is 0 Å². The molecule has 0 bridgehead atoms. The Kier molecular flexibility index (Phi) is 4.89. The molecule has 2 aromatic carbocycles. The zero-order valence-electron chi connectivity index (χ0n) is 15.5. The molecule has 1 aliphatic rings. The summed E-state index contributed by atoms with van der Waals surface area (Å²) in [7, 11) is 1.73. The van der Waals surface area contributed by atoms with Crippen LogP contribution in [-0.2, 0) is 4.74 Å². The first-order valence-corrected chi connectivity index (χ1v) is 8.92. The minimum absolute atomic E-state index is 0.212. The van der Waals surface area contributed by atoms with Crippen LogP contribution < -0.4 is 4.74 Å². The fraction of sp³-hybridized carbons (Fsp3) is 0.476. The molecule has 2 aromatic rings. The molecule has 1 fully saturated rings. The number of fused-ring (bicyclic) bond motifs is 1. The van der Waals surface area contributed by atoms with Gasteiger partial charge in [-0.05, 0) is 56.4 Å². The number of methoxy groups -OCH3 is 1. The highest BCUT2D eigenvalue weighted by Crippen LogP contribution is 2.39.